The summed E-state index contributed by atoms with van der Waals surface area (Å²) in [4.78, 5) is 29.3. The number of likely N-dealkylation sites (tertiary alicyclic amines) is 1. The van der Waals surface area contributed by atoms with Crippen molar-refractivity contribution in [3.63, 3.8) is 0 Å². The highest BCUT2D eigenvalue weighted by atomic mass is 16.5. The SMILES string of the molecule is CCOC(=O)c1[nH]c2ccccc2c1NC(=O)N1CCCC1. The van der Waals surface area contributed by atoms with E-state index < -0.39 is 5.97 Å². The molecule has 0 radical (unpaired) electrons. The molecule has 0 unspecified atom stereocenters. The molecule has 2 amide bonds. The molecule has 1 fully saturated rings. The molecular weight excluding hydrogens is 282 g/mol. The predicted molar refractivity (Wildman–Crippen MR) is 84.1 cm³/mol. The van der Waals surface area contributed by atoms with Gasteiger partial charge in [0.05, 0.1) is 12.3 Å². The first kappa shape index (κ1) is 14.4. The first-order valence-electron chi connectivity index (χ1n) is 7.54. The van der Waals surface area contributed by atoms with E-state index in [1.165, 1.54) is 0 Å². The second-order valence-electron chi connectivity index (χ2n) is 5.27. The van der Waals surface area contributed by atoms with E-state index in [9.17, 15) is 9.59 Å². The lowest BCUT2D eigenvalue weighted by molar-refractivity contribution is 0.0522. The number of para-hydroxylation sites is 1. The highest BCUT2D eigenvalue weighted by Gasteiger charge is 2.24. The summed E-state index contributed by atoms with van der Waals surface area (Å²) in [5, 5.41) is 3.67. The molecule has 0 aliphatic carbocycles. The lowest BCUT2D eigenvalue weighted by atomic mass is 10.2. The van der Waals surface area contributed by atoms with Crippen LogP contribution in [0.4, 0.5) is 10.5 Å². The van der Waals surface area contributed by atoms with Gasteiger partial charge in [-0.15, -0.1) is 0 Å². The Morgan fingerprint density at radius 3 is 2.73 bits per heavy atom. The van der Waals surface area contributed by atoms with Crippen molar-refractivity contribution >= 4 is 28.6 Å². The lowest BCUT2D eigenvalue weighted by Gasteiger charge is -2.16. The van der Waals surface area contributed by atoms with Crippen LogP contribution in [-0.2, 0) is 4.74 Å². The zero-order valence-electron chi connectivity index (χ0n) is 12.5. The monoisotopic (exact) mass is 301 g/mol. The molecule has 6 nitrogen and oxygen atoms in total. The first-order valence-corrected chi connectivity index (χ1v) is 7.54. The quantitative estimate of drug-likeness (QED) is 0.856. The molecule has 1 saturated heterocycles. The van der Waals surface area contributed by atoms with E-state index in [-0.39, 0.29) is 18.3 Å². The van der Waals surface area contributed by atoms with Crippen molar-refractivity contribution in [3.05, 3.63) is 30.0 Å². The number of anilines is 1. The smallest absolute Gasteiger partial charge is 0.356 e. The number of esters is 1. The number of aromatic amines is 1. The standard InChI is InChI=1S/C16H19N3O3/c1-2-22-15(20)14-13(11-7-3-4-8-12(11)17-14)18-16(21)19-9-5-6-10-19/h3-4,7-8,17H,2,5-6,9-10H2,1H3,(H,18,21). The third-order valence-corrected chi connectivity index (χ3v) is 3.81. The second-order valence-corrected chi connectivity index (χ2v) is 5.27. The number of hydrogen-bond acceptors (Lipinski definition) is 3. The number of amides is 2. The average molecular weight is 301 g/mol. The maximum atomic E-state index is 12.3. The Balaban J connectivity index is 1.96. The van der Waals surface area contributed by atoms with E-state index in [1.54, 1.807) is 11.8 Å². The molecule has 1 aliphatic rings. The minimum atomic E-state index is -0.463. The molecule has 1 aromatic heterocycles. The molecule has 0 bridgehead atoms. The van der Waals surface area contributed by atoms with Gasteiger partial charge in [-0.05, 0) is 25.8 Å². The molecule has 3 rings (SSSR count). The van der Waals surface area contributed by atoms with Gasteiger partial charge in [0.1, 0.15) is 5.69 Å². The van der Waals surface area contributed by atoms with Crippen LogP contribution in [-0.4, -0.2) is 41.6 Å². The van der Waals surface area contributed by atoms with Crippen LogP contribution in [0, 0.1) is 0 Å². The summed E-state index contributed by atoms with van der Waals surface area (Å²) in [6.07, 6.45) is 2.04. The molecule has 0 saturated carbocycles. The van der Waals surface area contributed by atoms with E-state index in [1.807, 2.05) is 24.3 Å². The molecule has 0 atom stereocenters. The molecule has 6 heteroatoms. The number of benzene rings is 1. The van der Waals surface area contributed by atoms with Gasteiger partial charge in [-0.2, -0.15) is 0 Å². The zero-order valence-corrected chi connectivity index (χ0v) is 12.5. The molecule has 1 aliphatic heterocycles. The summed E-state index contributed by atoms with van der Waals surface area (Å²) in [7, 11) is 0. The Labute approximate surface area is 128 Å². The van der Waals surface area contributed by atoms with E-state index >= 15 is 0 Å². The van der Waals surface area contributed by atoms with Crippen LogP contribution >= 0.6 is 0 Å². The van der Waals surface area contributed by atoms with Crippen LogP contribution in [0.1, 0.15) is 30.3 Å². The van der Waals surface area contributed by atoms with Crippen LogP contribution in [0.15, 0.2) is 24.3 Å². The fourth-order valence-electron chi connectivity index (χ4n) is 2.73. The van der Waals surface area contributed by atoms with Gasteiger partial charge in [0.15, 0.2) is 0 Å². The summed E-state index contributed by atoms with van der Waals surface area (Å²) in [6, 6.07) is 7.31. The Kier molecular flexibility index (Phi) is 4.00. The van der Waals surface area contributed by atoms with E-state index in [0.717, 1.165) is 36.8 Å². The number of urea groups is 1. The van der Waals surface area contributed by atoms with Gasteiger partial charge in [0.2, 0.25) is 0 Å². The van der Waals surface area contributed by atoms with E-state index in [2.05, 4.69) is 10.3 Å². The van der Waals surface area contributed by atoms with Gasteiger partial charge in [-0.1, -0.05) is 18.2 Å². The molecule has 2 aromatic rings. The number of nitrogens with zero attached hydrogens (tertiary/aromatic N) is 1. The van der Waals surface area contributed by atoms with Crippen LogP contribution in [0.5, 0.6) is 0 Å². The maximum absolute atomic E-state index is 12.3. The lowest BCUT2D eigenvalue weighted by Crippen LogP contribution is -2.32. The summed E-state index contributed by atoms with van der Waals surface area (Å²) >= 11 is 0. The summed E-state index contributed by atoms with van der Waals surface area (Å²) in [6.45, 7) is 3.54. The maximum Gasteiger partial charge on any atom is 0.356 e. The Morgan fingerprint density at radius 2 is 2.00 bits per heavy atom. The molecule has 22 heavy (non-hydrogen) atoms. The minimum absolute atomic E-state index is 0.173. The first-order chi connectivity index (χ1) is 10.7. The Bertz CT molecular complexity index is 702. The number of carbonyl (C=O) groups is 2. The highest BCUT2D eigenvalue weighted by Crippen LogP contribution is 2.28. The fourth-order valence-corrected chi connectivity index (χ4v) is 2.73. The van der Waals surface area contributed by atoms with E-state index in [4.69, 9.17) is 4.74 Å². The predicted octanol–water partition coefficient (Wildman–Crippen LogP) is 2.97. The number of fused-ring (bicyclic) bond motifs is 1. The summed E-state index contributed by atoms with van der Waals surface area (Å²) < 4.78 is 5.07. The summed E-state index contributed by atoms with van der Waals surface area (Å²) in [5.74, 6) is -0.463. The largest absolute Gasteiger partial charge is 0.461 e. The van der Waals surface area contributed by atoms with Crippen LogP contribution < -0.4 is 5.32 Å². The van der Waals surface area contributed by atoms with Crippen molar-refractivity contribution in [1.82, 2.24) is 9.88 Å². The zero-order chi connectivity index (χ0) is 15.5. The van der Waals surface area contributed by atoms with Crippen molar-refractivity contribution in [2.75, 3.05) is 25.0 Å². The van der Waals surface area contributed by atoms with Gasteiger partial charge in [-0.25, -0.2) is 9.59 Å². The third-order valence-electron chi connectivity index (χ3n) is 3.81. The molecule has 2 N–H and O–H groups in total. The number of hydrogen-bond donors (Lipinski definition) is 2. The number of rotatable bonds is 3. The van der Waals surface area contributed by atoms with Gasteiger partial charge in [0, 0.05) is 24.0 Å². The fraction of sp³-hybridized carbons (Fsp3) is 0.375. The van der Waals surface area contributed by atoms with Gasteiger partial charge < -0.3 is 19.9 Å². The molecule has 116 valence electrons. The average Bonchev–Trinajstić information content (AvgIpc) is 3.16. The van der Waals surface area contributed by atoms with Crippen molar-refractivity contribution in [3.8, 4) is 0 Å². The Morgan fingerprint density at radius 1 is 1.27 bits per heavy atom. The number of H-pyrrole nitrogens is 1. The Hall–Kier alpha value is -2.50. The summed E-state index contributed by atoms with van der Waals surface area (Å²) in [5.41, 5.74) is 1.57. The highest BCUT2D eigenvalue weighted by molar-refractivity contribution is 6.10. The number of carbonyl (C=O) groups excluding carboxylic acids is 2. The third kappa shape index (κ3) is 2.64. The van der Waals surface area contributed by atoms with Crippen LogP contribution in [0.25, 0.3) is 10.9 Å². The normalized spacial score (nSPS) is 14.3. The van der Waals surface area contributed by atoms with Gasteiger partial charge in [-0.3, -0.25) is 0 Å². The molecule has 2 heterocycles. The number of aromatic nitrogens is 1. The number of nitrogens with one attached hydrogen (secondary N) is 2. The van der Waals surface area contributed by atoms with Crippen LogP contribution in [0.2, 0.25) is 0 Å². The minimum Gasteiger partial charge on any atom is -0.461 e. The molecule has 1 aromatic carbocycles. The van der Waals surface area contributed by atoms with Crippen molar-refractivity contribution in [2.45, 2.75) is 19.8 Å². The van der Waals surface area contributed by atoms with Gasteiger partial charge >= 0.3 is 12.0 Å². The second kappa shape index (κ2) is 6.09. The van der Waals surface area contributed by atoms with Gasteiger partial charge in [0.25, 0.3) is 0 Å². The van der Waals surface area contributed by atoms with Crippen molar-refractivity contribution in [1.29, 1.82) is 0 Å². The number of ether oxygens (including phenoxy) is 1. The van der Waals surface area contributed by atoms with Crippen LogP contribution in [0.3, 0.4) is 0 Å². The molecule has 0 spiro atoms. The van der Waals surface area contributed by atoms with Crippen molar-refractivity contribution in [2.24, 2.45) is 0 Å². The van der Waals surface area contributed by atoms with E-state index in [0.29, 0.717) is 5.69 Å². The van der Waals surface area contributed by atoms with Crippen molar-refractivity contribution < 1.29 is 14.3 Å². The topological polar surface area (TPSA) is 74.4 Å². The molecular formula is C16H19N3O3.